The Hall–Kier alpha value is -0.870. The molecule has 0 radical (unpaired) electrons. The Morgan fingerprint density at radius 2 is 1.62 bits per heavy atom. The van der Waals surface area contributed by atoms with Crippen molar-refractivity contribution in [1.82, 2.24) is 0 Å². The zero-order valence-electron chi connectivity index (χ0n) is 9.97. The molecule has 1 aromatic rings. The van der Waals surface area contributed by atoms with Crippen molar-refractivity contribution in [2.75, 3.05) is 0 Å². The number of hydrogen-bond donors (Lipinski definition) is 1. The summed E-state index contributed by atoms with van der Waals surface area (Å²) >= 11 is 0. The monoisotopic (exact) mass is 241 g/mol. The van der Waals surface area contributed by atoms with E-state index in [1.165, 1.54) is 0 Å². The van der Waals surface area contributed by atoms with Crippen molar-refractivity contribution in [3.8, 4) is 0 Å². The van der Waals surface area contributed by atoms with Crippen LogP contribution in [0.15, 0.2) is 29.2 Å². The average molecular weight is 241 g/mol. The molecule has 4 heteroatoms. The fraction of sp³-hybridized carbons (Fsp3) is 0.500. The zero-order chi connectivity index (χ0) is 12.3. The number of sulfonamides is 1. The molecule has 0 spiro atoms. The standard InChI is InChI=1S/C12H19NO2S/c1-9(2)10(3)8-11-4-6-12(7-5-11)16(13,14)15/h4-7,9-10H,8H2,1-3H3,(H2,13,14,15). The largest absolute Gasteiger partial charge is 0.238 e. The Labute approximate surface area is 97.7 Å². The summed E-state index contributed by atoms with van der Waals surface area (Å²) in [4.78, 5) is 0.174. The van der Waals surface area contributed by atoms with Crippen molar-refractivity contribution < 1.29 is 8.42 Å². The molecule has 2 N–H and O–H groups in total. The molecule has 3 nitrogen and oxygen atoms in total. The van der Waals surface area contributed by atoms with Crippen molar-refractivity contribution in [2.45, 2.75) is 32.1 Å². The predicted molar refractivity (Wildman–Crippen MR) is 65.5 cm³/mol. The quantitative estimate of drug-likeness (QED) is 0.878. The van der Waals surface area contributed by atoms with E-state index in [0.29, 0.717) is 11.8 Å². The maximum absolute atomic E-state index is 11.1. The van der Waals surface area contributed by atoms with E-state index in [-0.39, 0.29) is 4.90 Å². The van der Waals surface area contributed by atoms with Gasteiger partial charge in [-0.25, -0.2) is 13.6 Å². The van der Waals surface area contributed by atoms with Crippen LogP contribution >= 0.6 is 0 Å². The van der Waals surface area contributed by atoms with Crippen molar-refractivity contribution in [1.29, 1.82) is 0 Å². The molecule has 90 valence electrons. The molecule has 0 amide bonds. The van der Waals surface area contributed by atoms with Gasteiger partial charge in [0.15, 0.2) is 0 Å². The van der Waals surface area contributed by atoms with Gasteiger partial charge in [0.2, 0.25) is 10.0 Å². The molecule has 16 heavy (non-hydrogen) atoms. The summed E-state index contributed by atoms with van der Waals surface area (Å²) in [6.07, 6.45) is 0.961. The van der Waals surface area contributed by atoms with Gasteiger partial charge in [-0.05, 0) is 36.0 Å². The molecule has 0 aliphatic rings. The van der Waals surface area contributed by atoms with E-state index in [1.807, 2.05) is 12.1 Å². The lowest BCUT2D eigenvalue weighted by Crippen LogP contribution is -2.12. The first-order valence-corrected chi connectivity index (χ1v) is 6.97. The van der Waals surface area contributed by atoms with Gasteiger partial charge in [0.25, 0.3) is 0 Å². The Morgan fingerprint density at radius 1 is 1.12 bits per heavy atom. The first kappa shape index (κ1) is 13.2. The van der Waals surface area contributed by atoms with E-state index in [4.69, 9.17) is 5.14 Å². The third kappa shape index (κ3) is 3.61. The molecular formula is C12H19NO2S. The van der Waals surface area contributed by atoms with Crippen LogP contribution in [-0.2, 0) is 16.4 Å². The summed E-state index contributed by atoms with van der Waals surface area (Å²) in [6.45, 7) is 6.56. The molecule has 0 aliphatic carbocycles. The molecule has 0 saturated carbocycles. The molecule has 0 heterocycles. The molecule has 1 atom stereocenters. The number of benzene rings is 1. The van der Waals surface area contributed by atoms with Crippen LogP contribution in [0.4, 0.5) is 0 Å². The first-order chi connectivity index (χ1) is 7.30. The smallest absolute Gasteiger partial charge is 0.225 e. The summed E-state index contributed by atoms with van der Waals surface area (Å²) in [7, 11) is -3.56. The van der Waals surface area contributed by atoms with Crippen molar-refractivity contribution >= 4 is 10.0 Å². The molecule has 0 bridgehead atoms. The van der Waals surface area contributed by atoms with Gasteiger partial charge in [0, 0.05) is 0 Å². The Kier molecular flexibility index (Phi) is 4.10. The van der Waals surface area contributed by atoms with Crippen LogP contribution in [0.25, 0.3) is 0 Å². The van der Waals surface area contributed by atoms with Crippen molar-refractivity contribution in [2.24, 2.45) is 17.0 Å². The lowest BCUT2D eigenvalue weighted by Gasteiger charge is -2.15. The summed E-state index contributed by atoms with van der Waals surface area (Å²) in [5.74, 6) is 1.21. The molecule has 0 saturated heterocycles. The maximum atomic E-state index is 11.1. The fourth-order valence-electron chi connectivity index (χ4n) is 1.42. The lowest BCUT2D eigenvalue weighted by molar-refractivity contribution is 0.417. The van der Waals surface area contributed by atoms with Crippen LogP contribution < -0.4 is 5.14 Å². The first-order valence-electron chi connectivity index (χ1n) is 5.42. The Morgan fingerprint density at radius 3 is 2.00 bits per heavy atom. The van der Waals surface area contributed by atoms with Crippen LogP contribution in [0.1, 0.15) is 26.3 Å². The second kappa shape index (κ2) is 4.97. The fourth-order valence-corrected chi connectivity index (χ4v) is 1.94. The van der Waals surface area contributed by atoms with E-state index in [1.54, 1.807) is 12.1 Å². The van der Waals surface area contributed by atoms with E-state index in [0.717, 1.165) is 12.0 Å². The Bertz CT molecular complexity index is 435. The number of rotatable bonds is 4. The van der Waals surface area contributed by atoms with Crippen LogP contribution in [0.5, 0.6) is 0 Å². The van der Waals surface area contributed by atoms with Crippen LogP contribution in [-0.4, -0.2) is 8.42 Å². The van der Waals surface area contributed by atoms with Crippen molar-refractivity contribution in [3.05, 3.63) is 29.8 Å². The van der Waals surface area contributed by atoms with E-state index >= 15 is 0 Å². The highest BCUT2D eigenvalue weighted by Crippen LogP contribution is 2.17. The summed E-state index contributed by atoms with van der Waals surface area (Å²) in [6, 6.07) is 6.80. The normalized spacial score (nSPS) is 14.1. The van der Waals surface area contributed by atoms with E-state index in [9.17, 15) is 8.42 Å². The maximum Gasteiger partial charge on any atom is 0.238 e. The molecular weight excluding hydrogens is 222 g/mol. The van der Waals surface area contributed by atoms with Crippen LogP contribution in [0.2, 0.25) is 0 Å². The van der Waals surface area contributed by atoms with Gasteiger partial charge in [-0.15, -0.1) is 0 Å². The minimum atomic E-state index is -3.56. The van der Waals surface area contributed by atoms with E-state index in [2.05, 4.69) is 20.8 Å². The predicted octanol–water partition coefficient (Wildman–Crippen LogP) is 2.17. The Balaban J connectivity index is 2.80. The highest BCUT2D eigenvalue weighted by molar-refractivity contribution is 7.89. The van der Waals surface area contributed by atoms with Gasteiger partial charge in [-0.2, -0.15) is 0 Å². The number of primary sulfonamides is 1. The molecule has 0 aromatic heterocycles. The average Bonchev–Trinajstić information content (AvgIpc) is 2.17. The number of nitrogens with two attached hydrogens (primary N) is 1. The summed E-state index contributed by atoms with van der Waals surface area (Å²) in [5, 5.41) is 5.03. The van der Waals surface area contributed by atoms with Crippen molar-refractivity contribution in [3.63, 3.8) is 0 Å². The van der Waals surface area contributed by atoms with Gasteiger partial charge in [-0.3, -0.25) is 0 Å². The molecule has 1 rings (SSSR count). The van der Waals surface area contributed by atoms with E-state index < -0.39 is 10.0 Å². The van der Waals surface area contributed by atoms with Gasteiger partial charge >= 0.3 is 0 Å². The lowest BCUT2D eigenvalue weighted by atomic mass is 9.91. The van der Waals surface area contributed by atoms with Crippen LogP contribution in [0, 0.1) is 11.8 Å². The van der Waals surface area contributed by atoms with Gasteiger partial charge < -0.3 is 0 Å². The van der Waals surface area contributed by atoms with Gasteiger partial charge in [0.05, 0.1) is 4.90 Å². The number of hydrogen-bond acceptors (Lipinski definition) is 2. The second-order valence-corrected chi connectivity index (χ2v) is 6.18. The van der Waals surface area contributed by atoms with Gasteiger partial charge in [-0.1, -0.05) is 32.9 Å². The molecule has 1 unspecified atom stereocenters. The van der Waals surface area contributed by atoms with Crippen LogP contribution in [0.3, 0.4) is 0 Å². The minimum Gasteiger partial charge on any atom is -0.225 e. The molecule has 0 fully saturated rings. The zero-order valence-corrected chi connectivity index (χ0v) is 10.8. The highest BCUT2D eigenvalue weighted by atomic mass is 32.2. The SMILES string of the molecule is CC(C)C(C)Cc1ccc(S(N)(=O)=O)cc1. The molecule has 0 aliphatic heterocycles. The summed E-state index contributed by atoms with van der Waals surface area (Å²) in [5.41, 5.74) is 1.15. The van der Waals surface area contributed by atoms with Gasteiger partial charge in [0.1, 0.15) is 0 Å². The minimum absolute atomic E-state index is 0.174. The summed E-state index contributed by atoms with van der Waals surface area (Å²) < 4.78 is 22.1. The highest BCUT2D eigenvalue weighted by Gasteiger charge is 2.10. The third-order valence-electron chi connectivity index (χ3n) is 2.95. The second-order valence-electron chi connectivity index (χ2n) is 4.61. The topological polar surface area (TPSA) is 60.2 Å². The third-order valence-corrected chi connectivity index (χ3v) is 3.88. The molecule has 1 aromatic carbocycles.